The zero-order valence-electron chi connectivity index (χ0n) is 35.7. The van der Waals surface area contributed by atoms with Gasteiger partial charge in [-0.2, -0.15) is 10.5 Å². The molecule has 6 nitrogen and oxygen atoms in total. The molecule has 0 fully saturated rings. The fourth-order valence-electron chi connectivity index (χ4n) is 4.85. The van der Waals surface area contributed by atoms with E-state index in [9.17, 15) is 10.5 Å². The van der Waals surface area contributed by atoms with Crippen LogP contribution in [0.3, 0.4) is 0 Å². The topological polar surface area (TPSA) is 66.2 Å². The highest BCUT2D eigenvalue weighted by atomic mass is 15.0. The maximum absolute atomic E-state index is 10.9. The van der Waals surface area contributed by atoms with Crippen molar-refractivity contribution in [3.05, 3.63) is 131 Å². The Labute approximate surface area is 251 Å². The van der Waals surface area contributed by atoms with E-state index in [4.69, 9.17) is 35.1 Å². The largest absolute Gasteiger partial charge is 0.329 e. The number of nitrogens with zero attached hydrogens (tertiary/aromatic N) is 6. The number of hydrogen-bond donors (Lipinski definition) is 0. The summed E-state index contributed by atoms with van der Waals surface area (Å²) in [7, 11) is 0. The molecular formula is C34H16N6. The lowest BCUT2D eigenvalue weighted by Gasteiger charge is -2.20. The molecular weight excluding hydrogens is 492 g/mol. The molecule has 6 heteroatoms. The first-order valence-corrected chi connectivity index (χ1v) is 11.2. The lowest BCUT2D eigenvalue weighted by molar-refractivity contribution is 1.14. The molecule has 0 aliphatic rings. The van der Waals surface area contributed by atoms with E-state index < -0.39 is 174 Å². The van der Waals surface area contributed by atoms with Crippen molar-refractivity contribution < 1.29 is 21.9 Å². The Balaban J connectivity index is 1.88. The van der Waals surface area contributed by atoms with Gasteiger partial charge in [-0.25, -0.2) is 9.69 Å². The van der Waals surface area contributed by atoms with Crippen LogP contribution < -0.4 is 0 Å². The fraction of sp³-hybridized carbons (Fsp3) is 0. The molecule has 0 spiro atoms. The molecule has 7 aromatic rings. The third-order valence-corrected chi connectivity index (χ3v) is 6.36. The standard InChI is InChI=1S/C34H16N6/c1-37-31-25(19-35)33(39-27-15-7-3-11-21(27)22-12-4-8-16-28(22)39)26(20-36)32(38-2)34(31)40-29-17-9-5-13-23(29)24-14-6-10-18-30(24)40/h3-18H/i3D,4D,5D,6D,7D,8D,9D,10D,11D,12D,13D,14D,15D,16D,17D,18D. The van der Waals surface area contributed by atoms with Gasteiger partial charge in [0.25, 0.3) is 0 Å². The maximum atomic E-state index is 10.9. The molecule has 0 radical (unpaired) electrons. The second-order valence-electron chi connectivity index (χ2n) is 8.16. The predicted molar refractivity (Wildman–Crippen MR) is 157 cm³/mol. The summed E-state index contributed by atoms with van der Waals surface area (Å²) in [5, 5.41) is 20.0. The summed E-state index contributed by atoms with van der Waals surface area (Å²) < 4.78 is 139. The van der Waals surface area contributed by atoms with E-state index >= 15 is 0 Å². The van der Waals surface area contributed by atoms with Crippen LogP contribution in [0.5, 0.6) is 0 Å². The summed E-state index contributed by atoms with van der Waals surface area (Å²) in [4.78, 5) is 7.02. The molecule has 0 aliphatic heterocycles. The number of nitriles is 2. The average molecular weight is 525 g/mol. The van der Waals surface area contributed by atoms with Gasteiger partial charge in [-0.1, -0.05) is 72.5 Å². The van der Waals surface area contributed by atoms with E-state index in [1.165, 1.54) is 0 Å². The van der Waals surface area contributed by atoms with Crippen molar-refractivity contribution in [1.29, 1.82) is 10.5 Å². The number of para-hydroxylation sites is 4. The first kappa shape index (κ1) is 11.6. The zero-order chi connectivity index (χ0) is 41.3. The van der Waals surface area contributed by atoms with Crippen LogP contribution in [0.1, 0.15) is 33.1 Å². The number of fused-ring (bicyclic) bond motifs is 6. The SMILES string of the molecule is [2H]c1c([2H])c([2H])c2c(c1[2H])c1c([2H])c([2H])c([2H])c([2H])c1n2-c1c(C#N)c([N+]#[C-])c(-n2c3c([2H])c([2H])c([2H])c([2H])c3c3c([2H])c([2H])c([2H])c([2H])c32)c([N+]#[C-])c1C#N. The quantitative estimate of drug-likeness (QED) is 0.212. The highest BCUT2D eigenvalue weighted by Gasteiger charge is 2.30. The molecule has 0 amide bonds. The Morgan fingerprint density at radius 1 is 0.525 bits per heavy atom. The van der Waals surface area contributed by atoms with Crippen molar-refractivity contribution in [2.75, 3.05) is 0 Å². The molecule has 0 aliphatic carbocycles. The summed E-state index contributed by atoms with van der Waals surface area (Å²) >= 11 is 0. The summed E-state index contributed by atoms with van der Waals surface area (Å²) in [5.41, 5.74) is -6.77. The molecule has 5 aromatic carbocycles. The van der Waals surface area contributed by atoms with Crippen LogP contribution >= 0.6 is 0 Å². The Morgan fingerprint density at radius 3 is 1.12 bits per heavy atom. The minimum Gasteiger partial charge on any atom is -0.329 e. The van der Waals surface area contributed by atoms with Crippen molar-refractivity contribution in [2.45, 2.75) is 0 Å². The first-order valence-electron chi connectivity index (χ1n) is 19.2. The molecule has 0 unspecified atom stereocenters. The van der Waals surface area contributed by atoms with Gasteiger partial charge in [-0.15, -0.1) is 0 Å². The molecule has 0 saturated carbocycles. The Bertz CT molecular complexity index is 2840. The van der Waals surface area contributed by atoms with Gasteiger partial charge in [0.2, 0.25) is 11.4 Å². The monoisotopic (exact) mass is 524 g/mol. The van der Waals surface area contributed by atoms with Crippen LogP contribution in [0.2, 0.25) is 0 Å². The van der Waals surface area contributed by atoms with Crippen LogP contribution in [0.15, 0.2) is 96.7 Å². The van der Waals surface area contributed by atoms with Crippen LogP contribution in [0, 0.1) is 35.8 Å². The van der Waals surface area contributed by atoms with Crippen molar-refractivity contribution in [1.82, 2.24) is 9.13 Å². The zero-order valence-corrected chi connectivity index (χ0v) is 19.7. The molecule has 0 atom stereocenters. The van der Waals surface area contributed by atoms with Crippen LogP contribution in [-0.4, -0.2) is 9.13 Å². The Morgan fingerprint density at radius 2 is 0.825 bits per heavy atom. The minimum atomic E-state index is -0.834. The van der Waals surface area contributed by atoms with Gasteiger partial charge in [0, 0.05) is 21.5 Å². The molecule has 0 N–H and O–H groups in total. The van der Waals surface area contributed by atoms with Gasteiger partial charge >= 0.3 is 0 Å². The van der Waals surface area contributed by atoms with Gasteiger partial charge < -0.3 is 9.13 Å². The van der Waals surface area contributed by atoms with E-state index in [0.29, 0.717) is 0 Å². The normalized spacial score (nSPS) is 16.5. The minimum absolute atomic E-state index is 0.430. The Hall–Kier alpha value is -6.34. The predicted octanol–water partition coefficient (Wildman–Crippen LogP) is 8.73. The van der Waals surface area contributed by atoms with Crippen molar-refractivity contribution >= 4 is 55.0 Å². The van der Waals surface area contributed by atoms with E-state index in [0.717, 1.165) is 9.13 Å². The highest BCUT2D eigenvalue weighted by molar-refractivity contribution is 6.12. The second kappa shape index (κ2) is 8.61. The second-order valence-corrected chi connectivity index (χ2v) is 8.16. The fourth-order valence-corrected chi connectivity index (χ4v) is 4.85. The summed E-state index contributed by atoms with van der Waals surface area (Å²) in [6.07, 6.45) is 0. The molecule has 0 bridgehead atoms. The third kappa shape index (κ3) is 2.88. The highest BCUT2D eigenvalue weighted by Crippen LogP contribution is 2.48. The van der Waals surface area contributed by atoms with E-state index in [1.54, 1.807) is 12.1 Å². The number of hydrogen-bond acceptors (Lipinski definition) is 2. The summed E-state index contributed by atoms with van der Waals surface area (Å²) in [5.74, 6) is 0. The molecule has 7 rings (SSSR count). The molecule has 182 valence electrons. The van der Waals surface area contributed by atoms with Gasteiger partial charge in [0.15, 0.2) is 0 Å². The van der Waals surface area contributed by atoms with Crippen LogP contribution in [-0.2, 0) is 0 Å². The van der Waals surface area contributed by atoms with E-state index in [2.05, 4.69) is 9.69 Å². The van der Waals surface area contributed by atoms with Crippen molar-refractivity contribution in [3.8, 4) is 23.5 Å². The smallest absolute Gasteiger partial charge is 0.219 e. The van der Waals surface area contributed by atoms with E-state index in [-0.39, 0.29) is 0 Å². The van der Waals surface area contributed by atoms with Gasteiger partial charge in [0.1, 0.15) is 0 Å². The Kier molecular flexibility index (Phi) is 2.49. The lowest BCUT2D eigenvalue weighted by atomic mass is 10.0. The molecule has 40 heavy (non-hydrogen) atoms. The molecule has 0 saturated heterocycles. The lowest BCUT2D eigenvalue weighted by Crippen LogP contribution is -2.06. The summed E-state index contributed by atoms with van der Waals surface area (Å²) in [6.45, 7) is 16.7. The van der Waals surface area contributed by atoms with Crippen LogP contribution in [0.25, 0.3) is 64.7 Å². The molecule has 2 aromatic heterocycles. The number of benzene rings is 5. The van der Waals surface area contributed by atoms with Crippen LogP contribution in [0.4, 0.5) is 11.4 Å². The van der Waals surface area contributed by atoms with Gasteiger partial charge in [-0.05, 0) is 24.2 Å². The van der Waals surface area contributed by atoms with E-state index in [1.807, 2.05) is 0 Å². The first-order chi connectivity index (χ1) is 26.4. The van der Waals surface area contributed by atoms with Crippen molar-refractivity contribution in [2.24, 2.45) is 0 Å². The third-order valence-electron chi connectivity index (χ3n) is 6.36. The maximum Gasteiger partial charge on any atom is 0.219 e. The number of rotatable bonds is 2. The summed E-state index contributed by atoms with van der Waals surface area (Å²) in [6, 6.07) is -9.10. The average Bonchev–Trinajstić information content (AvgIpc) is 3.74. The van der Waals surface area contributed by atoms with Crippen molar-refractivity contribution in [3.63, 3.8) is 0 Å². The van der Waals surface area contributed by atoms with Gasteiger partial charge in [-0.3, -0.25) is 0 Å². The van der Waals surface area contributed by atoms with Gasteiger partial charge in [0.05, 0.1) is 91.8 Å². The number of aromatic nitrogens is 2. The molecule has 2 heterocycles.